The van der Waals surface area contributed by atoms with E-state index in [4.69, 9.17) is 4.42 Å². The van der Waals surface area contributed by atoms with E-state index in [1.165, 1.54) is 17.0 Å². The molecule has 0 N–H and O–H groups in total. The third-order valence-corrected chi connectivity index (χ3v) is 3.59. The molecule has 2 rings (SSSR count). The van der Waals surface area contributed by atoms with E-state index in [9.17, 15) is 14.9 Å². The van der Waals surface area contributed by atoms with Crippen molar-refractivity contribution >= 4 is 11.6 Å². The van der Waals surface area contributed by atoms with E-state index >= 15 is 0 Å². The molecule has 21 heavy (non-hydrogen) atoms. The Bertz CT molecular complexity index is 664. The molecule has 2 aromatic rings. The van der Waals surface area contributed by atoms with E-state index in [0.29, 0.717) is 16.9 Å². The van der Waals surface area contributed by atoms with Crippen LogP contribution in [-0.4, -0.2) is 22.8 Å². The maximum Gasteiger partial charge on any atom is 0.273 e. The molecule has 0 aliphatic heterocycles. The van der Waals surface area contributed by atoms with Crippen LogP contribution in [0.5, 0.6) is 0 Å². The number of nitro groups is 1. The van der Waals surface area contributed by atoms with Crippen molar-refractivity contribution in [1.82, 2.24) is 4.90 Å². The summed E-state index contributed by atoms with van der Waals surface area (Å²) in [5.41, 5.74) is 0.635. The summed E-state index contributed by atoms with van der Waals surface area (Å²) < 4.78 is 5.29. The van der Waals surface area contributed by atoms with Crippen LogP contribution in [0.15, 0.2) is 41.0 Å². The molecule has 1 heterocycles. The van der Waals surface area contributed by atoms with Gasteiger partial charge in [0.2, 0.25) is 0 Å². The Kier molecular flexibility index (Phi) is 4.07. The van der Waals surface area contributed by atoms with Gasteiger partial charge in [-0.15, -0.1) is 0 Å². The van der Waals surface area contributed by atoms with Gasteiger partial charge >= 0.3 is 0 Å². The topological polar surface area (TPSA) is 76.6 Å². The largest absolute Gasteiger partial charge is 0.467 e. The number of benzene rings is 1. The van der Waals surface area contributed by atoms with Crippen LogP contribution < -0.4 is 0 Å². The van der Waals surface area contributed by atoms with Crippen LogP contribution >= 0.6 is 0 Å². The summed E-state index contributed by atoms with van der Waals surface area (Å²) in [5, 5.41) is 11.0. The average molecular weight is 288 g/mol. The standard InChI is InChI=1S/C15H16N2O4/c1-10-12(6-4-7-13(10)17(19)20)15(18)16(3)11(2)14-8-5-9-21-14/h4-9,11H,1-3H3. The van der Waals surface area contributed by atoms with Crippen LogP contribution in [0.4, 0.5) is 5.69 Å². The molecular formula is C15H16N2O4. The Morgan fingerprint density at radius 2 is 2.05 bits per heavy atom. The first-order valence-corrected chi connectivity index (χ1v) is 6.48. The van der Waals surface area contributed by atoms with E-state index in [2.05, 4.69) is 0 Å². The van der Waals surface area contributed by atoms with Crippen LogP contribution in [0, 0.1) is 17.0 Å². The molecule has 0 saturated heterocycles. The van der Waals surface area contributed by atoms with Crippen molar-refractivity contribution in [2.75, 3.05) is 7.05 Å². The van der Waals surface area contributed by atoms with Gasteiger partial charge in [-0.2, -0.15) is 0 Å². The summed E-state index contributed by atoms with van der Waals surface area (Å²) in [5.74, 6) is 0.383. The molecule has 0 aliphatic carbocycles. The molecule has 1 atom stereocenters. The number of rotatable bonds is 4. The molecule has 0 aliphatic rings. The molecule has 1 unspecified atom stereocenters. The summed E-state index contributed by atoms with van der Waals surface area (Å²) >= 11 is 0. The van der Waals surface area contributed by atoms with Crippen LogP contribution in [-0.2, 0) is 0 Å². The van der Waals surface area contributed by atoms with E-state index in [-0.39, 0.29) is 17.6 Å². The van der Waals surface area contributed by atoms with E-state index < -0.39 is 4.92 Å². The van der Waals surface area contributed by atoms with Crippen LogP contribution in [0.25, 0.3) is 0 Å². The highest BCUT2D eigenvalue weighted by molar-refractivity contribution is 5.96. The van der Waals surface area contributed by atoms with Crippen molar-refractivity contribution in [2.24, 2.45) is 0 Å². The predicted octanol–water partition coefficient (Wildman–Crippen LogP) is 3.33. The Morgan fingerprint density at radius 1 is 1.33 bits per heavy atom. The fourth-order valence-corrected chi connectivity index (χ4v) is 2.14. The molecular weight excluding hydrogens is 272 g/mol. The quantitative estimate of drug-likeness (QED) is 0.638. The van der Waals surface area contributed by atoms with Gasteiger partial charge in [-0.1, -0.05) is 6.07 Å². The smallest absolute Gasteiger partial charge is 0.273 e. The first-order chi connectivity index (χ1) is 9.93. The van der Waals surface area contributed by atoms with E-state index in [1.807, 2.05) is 6.92 Å². The highest BCUT2D eigenvalue weighted by Crippen LogP contribution is 2.25. The number of amides is 1. The average Bonchev–Trinajstić information content (AvgIpc) is 2.99. The number of furan rings is 1. The predicted molar refractivity (Wildman–Crippen MR) is 77.0 cm³/mol. The zero-order valence-corrected chi connectivity index (χ0v) is 12.1. The summed E-state index contributed by atoms with van der Waals surface area (Å²) in [7, 11) is 1.65. The lowest BCUT2D eigenvalue weighted by atomic mass is 10.0. The Morgan fingerprint density at radius 3 is 2.62 bits per heavy atom. The van der Waals surface area contributed by atoms with E-state index in [1.54, 1.807) is 38.4 Å². The first kappa shape index (κ1) is 14.8. The van der Waals surface area contributed by atoms with Gasteiger partial charge in [0.15, 0.2) is 0 Å². The normalized spacial score (nSPS) is 12.0. The van der Waals surface area contributed by atoms with Gasteiger partial charge in [-0.05, 0) is 32.0 Å². The molecule has 0 saturated carbocycles. The zero-order valence-electron chi connectivity index (χ0n) is 12.1. The molecule has 0 bridgehead atoms. The molecule has 6 nitrogen and oxygen atoms in total. The van der Waals surface area contributed by atoms with Crippen molar-refractivity contribution in [3.05, 3.63) is 63.6 Å². The lowest BCUT2D eigenvalue weighted by molar-refractivity contribution is -0.385. The van der Waals surface area contributed by atoms with Crippen molar-refractivity contribution in [3.63, 3.8) is 0 Å². The van der Waals surface area contributed by atoms with Gasteiger partial charge in [-0.25, -0.2) is 0 Å². The minimum atomic E-state index is -0.484. The van der Waals surface area contributed by atoms with Gasteiger partial charge in [0.05, 0.1) is 17.2 Å². The second-order valence-electron chi connectivity index (χ2n) is 4.81. The maximum absolute atomic E-state index is 12.5. The van der Waals surface area contributed by atoms with Crippen LogP contribution in [0.1, 0.15) is 34.6 Å². The van der Waals surface area contributed by atoms with Crippen LogP contribution in [0.2, 0.25) is 0 Å². The summed E-state index contributed by atoms with van der Waals surface area (Å²) in [6.45, 7) is 3.42. The highest BCUT2D eigenvalue weighted by Gasteiger charge is 2.24. The molecule has 1 amide bonds. The molecule has 110 valence electrons. The molecule has 1 aromatic carbocycles. The van der Waals surface area contributed by atoms with Gasteiger partial charge in [0, 0.05) is 24.2 Å². The SMILES string of the molecule is Cc1c(C(=O)N(C)C(C)c2ccco2)cccc1[N+](=O)[O-]. The van der Waals surface area contributed by atoms with Crippen molar-refractivity contribution < 1.29 is 14.1 Å². The van der Waals surface area contributed by atoms with Crippen LogP contribution in [0.3, 0.4) is 0 Å². The number of carbonyl (C=O) groups excluding carboxylic acids is 1. The number of nitro benzene ring substituents is 1. The Labute approximate surface area is 122 Å². The first-order valence-electron chi connectivity index (χ1n) is 6.48. The van der Waals surface area contributed by atoms with Crippen molar-refractivity contribution in [2.45, 2.75) is 19.9 Å². The lowest BCUT2D eigenvalue weighted by Crippen LogP contribution is -2.30. The number of hydrogen-bond donors (Lipinski definition) is 0. The third-order valence-electron chi connectivity index (χ3n) is 3.59. The number of hydrogen-bond acceptors (Lipinski definition) is 4. The molecule has 0 radical (unpaired) electrons. The molecule has 0 spiro atoms. The van der Waals surface area contributed by atoms with Gasteiger partial charge in [-0.3, -0.25) is 14.9 Å². The second kappa shape index (κ2) is 5.78. The molecule has 6 heteroatoms. The maximum atomic E-state index is 12.5. The highest BCUT2D eigenvalue weighted by atomic mass is 16.6. The van der Waals surface area contributed by atoms with Crippen molar-refractivity contribution in [3.8, 4) is 0 Å². The fraction of sp³-hybridized carbons (Fsp3) is 0.267. The molecule has 1 aromatic heterocycles. The Hall–Kier alpha value is -2.63. The summed E-state index contributed by atoms with van der Waals surface area (Å²) in [6, 6.07) is 7.78. The summed E-state index contributed by atoms with van der Waals surface area (Å²) in [6.07, 6.45) is 1.54. The minimum Gasteiger partial charge on any atom is -0.467 e. The number of carbonyl (C=O) groups is 1. The monoisotopic (exact) mass is 288 g/mol. The Balaban J connectivity index is 2.32. The van der Waals surface area contributed by atoms with Gasteiger partial charge < -0.3 is 9.32 Å². The van der Waals surface area contributed by atoms with Gasteiger partial charge in [0.25, 0.3) is 11.6 Å². The van der Waals surface area contributed by atoms with Crippen molar-refractivity contribution in [1.29, 1.82) is 0 Å². The summed E-state index contributed by atoms with van der Waals surface area (Å²) in [4.78, 5) is 24.5. The minimum absolute atomic E-state index is 0.0556. The zero-order chi connectivity index (χ0) is 15.6. The number of nitrogens with zero attached hydrogens (tertiary/aromatic N) is 2. The fourth-order valence-electron chi connectivity index (χ4n) is 2.14. The third kappa shape index (κ3) is 2.79. The van der Waals surface area contributed by atoms with E-state index in [0.717, 1.165) is 0 Å². The lowest BCUT2D eigenvalue weighted by Gasteiger charge is -2.24. The van der Waals surface area contributed by atoms with Gasteiger partial charge in [0.1, 0.15) is 5.76 Å². The molecule has 0 fully saturated rings. The second-order valence-corrected chi connectivity index (χ2v) is 4.81.